The van der Waals surface area contributed by atoms with Crippen molar-refractivity contribution < 1.29 is 4.74 Å². The maximum absolute atomic E-state index is 5.43. The highest BCUT2D eigenvalue weighted by atomic mass is 16.5. The predicted octanol–water partition coefficient (Wildman–Crippen LogP) is 1.73. The van der Waals surface area contributed by atoms with Crippen LogP contribution in [0.2, 0.25) is 0 Å². The Kier molecular flexibility index (Phi) is 6.17. The van der Waals surface area contributed by atoms with E-state index in [9.17, 15) is 0 Å². The highest BCUT2D eigenvalue weighted by Gasteiger charge is 2.11. The van der Waals surface area contributed by atoms with Gasteiger partial charge in [0.05, 0.1) is 7.11 Å². The summed E-state index contributed by atoms with van der Waals surface area (Å²) in [4.78, 5) is 6.75. The van der Waals surface area contributed by atoms with Gasteiger partial charge >= 0.3 is 0 Å². The number of aliphatic imine (C=N–C) groups is 1. The van der Waals surface area contributed by atoms with E-state index in [4.69, 9.17) is 4.74 Å². The molecule has 0 radical (unpaired) electrons. The fraction of sp³-hybridized carbons (Fsp3) is 0.471. The van der Waals surface area contributed by atoms with Gasteiger partial charge in [-0.15, -0.1) is 10.2 Å². The number of aromatic nitrogens is 3. The summed E-state index contributed by atoms with van der Waals surface area (Å²) in [5, 5.41) is 11.5. The molecule has 0 saturated carbocycles. The molecule has 130 valence electrons. The Labute approximate surface area is 143 Å². The number of aryl methyl sites for hydroxylation is 1. The van der Waals surface area contributed by atoms with Crippen LogP contribution in [0.3, 0.4) is 0 Å². The van der Waals surface area contributed by atoms with Crippen molar-refractivity contribution in [3.8, 4) is 5.75 Å². The Bertz CT molecular complexity index is 694. The summed E-state index contributed by atoms with van der Waals surface area (Å²) in [7, 11) is 5.65. The second-order valence-corrected chi connectivity index (χ2v) is 5.56. The first-order chi connectivity index (χ1) is 11.6. The minimum absolute atomic E-state index is 0.482. The van der Waals surface area contributed by atoms with Gasteiger partial charge in [-0.1, -0.05) is 18.2 Å². The van der Waals surface area contributed by atoms with E-state index in [1.165, 1.54) is 0 Å². The lowest BCUT2D eigenvalue weighted by molar-refractivity contribution is 0.396. The van der Waals surface area contributed by atoms with Gasteiger partial charge in [0.2, 0.25) is 0 Å². The number of hydrogen-bond donors (Lipinski definition) is 1. The van der Waals surface area contributed by atoms with E-state index in [0.717, 1.165) is 35.5 Å². The molecule has 0 aliphatic carbocycles. The fourth-order valence-corrected chi connectivity index (χ4v) is 2.37. The van der Waals surface area contributed by atoms with E-state index in [1.54, 1.807) is 7.11 Å². The number of methoxy groups -OCH3 is 1. The average molecular weight is 330 g/mol. The molecule has 0 atom stereocenters. The molecule has 1 aromatic carbocycles. The number of para-hydroxylation sites is 1. The zero-order valence-corrected chi connectivity index (χ0v) is 15.1. The van der Waals surface area contributed by atoms with E-state index in [1.807, 2.05) is 43.8 Å². The van der Waals surface area contributed by atoms with Crippen LogP contribution >= 0.6 is 0 Å². The van der Waals surface area contributed by atoms with Crippen molar-refractivity contribution in [3.63, 3.8) is 0 Å². The van der Waals surface area contributed by atoms with Gasteiger partial charge in [0.25, 0.3) is 0 Å². The molecule has 2 rings (SSSR count). The smallest absolute Gasteiger partial charge is 0.194 e. The van der Waals surface area contributed by atoms with Gasteiger partial charge in [-0.3, -0.25) is 0 Å². The van der Waals surface area contributed by atoms with Crippen molar-refractivity contribution in [2.45, 2.75) is 26.9 Å². The van der Waals surface area contributed by atoms with Gasteiger partial charge < -0.3 is 19.5 Å². The lowest BCUT2D eigenvalue weighted by Gasteiger charge is -2.23. The number of hydrogen-bond acceptors (Lipinski definition) is 4. The molecule has 7 nitrogen and oxygen atoms in total. The Balaban J connectivity index is 2.13. The van der Waals surface area contributed by atoms with Gasteiger partial charge in [0.15, 0.2) is 11.8 Å². The van der Waals surface area contributed by atoms with E-state index in [2.05, 4.69) is 38.4 Å². The Morgan fingerprint density at radius 3 is 2.71 bits per heavy atom. The second-order valence-electron chi connectivity index (χ2n) is 5.56. The lowest BCUT2D eigenvalue weighted by Crippen LogP contribution is -2.38. The number of guanidine groups is 1. The molecular formula is C17H26N6O. The van der Waals surface area contributed by atoms with Crippen molar-refractivity contribution in [2.75, 3.05) is 20.7 Å². The topological polar surface area (TPSA) is 67.6 Å². The molecule has 1 N–H and O–H groups in total. The normalized spacial score (nSPS) is 11.5. The Hall–Kier alpha value is -2.57. The SMILES string of the molecule is CCNC(=NCc1nnc(C)n1C)N(C)Cc1ccccc1OC. The molecule has 2 aromatic rings. The van der Waals surface area contributed by atoms with Crippen LogP contribution < -0.4 is 10.1 Å². The highest BCUT2D eigenvalue weighted by Crippen LogP contribution is 2.18. The number of benzene rings is 1. The largest absolute Gasteiger partial charge is 0.496 e. The van der Waals surface area contributed by atoms with Gasteiger partial charge in [0.1, 0.15) is 18.1 Å². The van der Waals surface area contributed by atoms with E-state index in [-0.39, 0.29) is 0 Å². The summed E-state index contributed by atoms with van der Waals surface area (Å²) in [6.07, 6.45) is 0. The first-order valence-electron chi connectivity index (χ1n) is 8.03. The molecule has 0 unspecified atom stereocenters. The molecule has 0 aliphatic rings. The second kappa shape index (κ2) is 8.33. The molecule has 0 fully saturated rings. The first kappa shape index (κ1) is 17.8. The maximum Gasteiger partial charge on any atom is 0.194 e. The molecule has 7 heteroatoms. The van der Waals surface area contributed by atoms with Gasteiger partial charge in [0, 0.05) is 32.7 Å². The van der Waals surface area contributed by atoms with Crippen molar-refractivity contribution in [1.29, 1.82) is 0 Å². The zero-order chi connectivity index (χ0) is 17.5. The van der Waals surface area contributed by atoms with Crippen molar-refractivity contribution in [1.82, 2.24) is 25.0 Å². The van der Waals surface area contributed by atoms with Crippen LogP contribution in [0.1, 0.15) is 24.1 Å². The first-order valence-corrected chi connectivity index (χ1v) is 8.03. The minimum atomic E-state index is 0.482. The van der Waals surface area contributed by atoms with Crippen molar-refractivity contribution in [2.24, 2.45) is 12.0 Å². The molecule has 1 aromatic heterocycles. The summed E-state index contributed by atoms with van der Waals surface area (Å²) >= 11 is 0. The average Bonchev–Trinajstić information content (AvgIpc) is 2.91. The fourth-order valence-electron chi connectivity index (χ4n) is 2.37. The lowest BCUT2D eigenvalue weighted by atomic mass is 10.2. The Morgan fingerprint density at radius 2 is 2.08 bits per heavy atom. The molecule has 0 amide bonds. The quantitative estimate of drug-likeness (QED) is 0.645. The highest BCUT2D eigenvalue weighted by molar-refractivity contribution is 5.79. The molecule has 1 heterocycles. The van der Waals surface area contributed by atoms with Crippen LogP contribution in [-0.4, -0.2) is 46.3 Å². The summed E-state index contributed by atoms with van der Waals surface area (Å²) < 4.78 is 7.38. The molecule has 0 saturated heterocycles. The standard InChI is InChI=1S/C17H26N6O/c1-6-18-17(19-11-16-21-20-13(2)23(16)4)22(3)12-14-9-7-8-10-15(14)24-5/h7-10H,6,11-12H2,1-5H3,(H,18,19). The molecule has 0 spiro atoms. The summed E-state index contributed by atoms with van der Waals surface area (Å²) in [5.41, 5.74) is 1.11. The number of nitrogens with zero attached hydrogens (tertiary/aromatic N) is 5. The van der Waals surface area contributed by atoms with Gasteiger partial charge in [-0.25, -0.2) is 4.99 Å². The minimum Gasteiger partial charge on any atom is -0.496 e. The monoisotopic (exact) mass is 330 g/mol. The predicted molar refractivity (Wildman–Crippen MR) is 95.0 cm³/mol. The molecule has 24 heavy (non-hydrogen) atoms. The van der Waals surface area contributed by atoms with E-state index < -0.39 is 0 Å². The molecular weight excluding hydrogens is 304 g/mol. The van der Waals surface area contributed by atoms with Crippen LogP contribution in [-0.2, 0) is 20.1 Å². The van der Waals surface area contributed by atoms with E-state index in [0.29, 0.717) is 13.1 Å². The van der Waals surface area contributed by atoms with Crippen LogP contribution in [0, 0.1) is 6.92 Å². The maximum atomic E-state index is 5.43. The van der Waals surface area contributed by atoms with Crippen LogP contribution in [0.4, 0.5) is 0 Å². The molecule has 0 bridgehead atoms. The zero-order valence-electron chi connectivity index (χ0n) is 15.1. The number of ether oxygens (including phenoxy) is 1. The van der Waals surface area contributed by atoms with Crippen molar-refractivity contribution >= 4 is 5.96 Å². The van der Waals surface area contributed by atoms with Crippen LogP contribution in [0.25, 0.3) is 0 Å². The van der Waals surface area contributed by atoms with Crippen LogP contribution in [0.5, 0.6) is 5.75 Å². The van der Waals surface area contributed by atoms with Gasteiger partial charge in [-0.05, 0) is 19.9 Å². The molecule has 0 aliphatic heterocycles. The summed E-state index contributed by atoms with van der Waals surface area (Å²) in [5.74, 6) is 3.43. The third kappa shape index (κ3) is 4.24. The van der Waals surface area contributed by atoms with Crippen molar-refractivity contribution in [3.05, 3.63) is 41.5 Å². The van der Waals surface area contributed by atoms with Crippen LogP contribution in [0.15, 0.2) is 29.3 Å². The summed E-state index contributed by atoms with van der Waals surface area (Å²) in [6, 6.07) is 8.01. The summed E-state index contributed by atoms with van der Waals surface area (Å²) in [6.45, 7) is 5.97. The number of rotatable bonds is 6. The Morgan fingerprint density at radius 1 is 1.33 bits per heavy atom. The van der Waals surface area contributed by atoms with E-state index >= 15 is 0 Å². The third-order valence-corrected chi connectivity index (χ3v) is 3.85. The third-order valence-electron chi connectivity index (χ3n) is 3.85. The number of nitrogens with one attached hydrogen (secondary N) is 1. The van der Waals surface area contributed by atoms with Gasteiger partial charge in [-0.2, -0.15) is 0 Å².